The minimum Gasteiger partial charge on any atom is -0.378 e. The number of nitrogens with zero attached hydrogens (tertiary/aromatic N) is 3. The third kappa shape index (κ3) is 5.39. The molecule has 0 bridgehead atoms. The van der Waals surface area contributed by atoms with E-state index in [0.717, 1.165) is 22.4 Å². The van der Waals surface area contributed by atoms with E-state index in [0.29, 0.717) is 55.9 Å². The first-order chi connectivity index (χ1) is 17.2. The molecular weight excluding hydrogens is 462 g/mol. The van der Waals surface area contributed by atoms with Gasteiger partial charge in [-0.1, -0.05) is 77.4 Å². The second-order valence-electron chi connectivity index (χ2n) is 8.43. The Balaban J connectivity index is 1.55. The van der Waals surface area contributed by atoms with Crippen LogP contribution in [0.3, 0.4) is 0 Å². The van der Waals surface area contributed by atoms with E-state index in [1.165, 1.54) is 0 Å². The maximum absolute atomic E-state index is 13.7. The maximum atomic E-state index is 13.7. The van der Waals surface area contributed by atoms with Crippen LogP contribution >= 0.6 is 11.6 Å². The van der Waals surface area contributed by atoms with Crippen LogP contribution in [0, 0.1) is 0 Å². The lowest BCUT2D eigenvalue weighted by atomic mass is 10.1. The molecule has 1 amide bonds. The highest BCUT2D eigenvalue weighted by Crippen LogP contribution is 2.33. The fourth-order valence-corrected chi connectivity index (χ4v) is 4.38. The number of hydrogen-bond acceptors (Lipinski definition) is 5. The van der Waals surface area contributed by atoms with E-state index in [-0.39, 0.29) is 5.91 Å². The van der Waals surface area contributed by atoms with Gasteiger partial charge in [0.05, 0.1) is 25.3 Å². The van der Waals surface area contributed by atoms with Crippen molar-refractivity contribution in [2.24, 2.45) is 0 Å². The first kappa shape index (κ1) is 23.1. The largest absolute Gasteiger partial charge is 0.378 e. The van der Waals surface area contributed by atoms with E-state index < -0.39 is 0 Å². The maximum Gasteiger partial charge on any atom is 0.254 e. The molecule has 0 radical (unpaired) electrons. The second-order valence-corrected chi connectivity index (χ2v) is 8.87. The smallest absolute Gasteiger partial charge is 0.254 e. The Morgan fingerprint density at radius 2 is 1.54 bits per heavy atom. The van der Waals surface area contributed by atoms with E-state index in [1.54, 1.807) is 24.3 Å². The molecule has 178 valence electrons. The van der Waals surface area contributed by atoms with Crippen LogP contribution in [-0.2, 0) is 17.8 Å². The monoisotopic (exact) mass is 487 g/mol. The number of carbonyl (C=O) groups is 1. The Kier molecular flexibility index (Phi) is 7.12. The lowest BCUT2D eigenvalue weighted by Crippen LogP contribution is -2.37. The van der Waals surface area contributed by atoms with Crippen molar-refractivity contribution in [3.8, 4) is 11.3 Å². The highest BCUT2D eigenvalue weighted by atomic mass is 35.5. The summed E-state index contributed by atoms with van der Waals surface area (Å²) in [4.78, 5) is 17.7. The number of ether oxygens (including phenoxy) is 1. The molecule has 3 aromatic carbocycles. The van der Waals surface area contributed by atoms with Gasteiger partial charge in [-0.3, -0.25) is 4.79 Å². The molecule has 1 aliphatic heterocycles. The van der Waals surface area contributed by atoms with Crippen molar-refractivity contribution >= 4 is 23.4 Å². The summed E-state index contributed by atoms with van der Waals surface area (Å²) < 4.78 is 11.4. The summed E-state index contributed by atoms with van der Waals surface area (Å²) in [5, 5.41) is 5.05. The van der Waals surface area contributed by atoms with Crippen LogP contribution in [0.15, 0.2) is 89.5 Å². The van der Waals surface area contributed by atoms with E-state index in [1.807, 2.05) is 65.6 Å². The van der Waals surface area contributed by atoms with Crippen molar-refractivity contribution in [2.45, 2.75) is 13.1 Å². The standard InChI is InChI=1S/C28H26ClN3O3/c29-24-13-11-23(12-14-24)27(33)32(19-21-7-3-1-4-8-21)20-25-26(22-9-5-2-6-10-22)30-35-28(25)31-15-17-34-18-16-31/h1-14H,15-20H2. The Hall–Kier alpha value is -3.61. The normalized spacial score (nSPS) is 13.6. The van der Waals surface area contributed by atoms with E-state index in [2.05, 4.69) is 10.1 Å². The van der Waals surface area contributed by atoms with Crippen LogP contribution in [0.5, 0.6) is 0 Å². The van der Waals surface area contributed by atoms with Gasteiger partial charge in [0, 0.05) is 35.8 Å². The van der Waals surface area contributed by atoms with Gasteiger partial charge in [0.25, 0.3) is 5.91 Å². The molecule has 1 aromatic heterocycles. The van der Waals surface area contributed by atoms with Gasteiger partial charge in [-0.05, 0) is 29.8 Å². The summed E-state index contributed by atoms with van der Waals surface area (Å²) in [6.45, 7) is 3.46. The van der Waals surface area contributed by atoms with Crippen molar-refractivity contribution in [3.63, 3.8) is 0 Å². The van der Waals surface area contributed by atoms with Crippen molar-refractivity contribution in [2.75, 3.05) is 31.2 Å². The quantitative estimate of drug-likeness (QED) is 0.336. The minimum absolute atomic E-state index is 0.0846. The van der Waals surface area contributed by atoms with E-state index in [4.69, 9.17) is 20.9 Å². The average molecular weight is 488 g/mol. The Morgan fingerprint density at radius 3 is 2.23 bits per heavy atom. The minimum atomic E-state index is -0.0846. The number of aromatic nitrogens is 1. The third-order valence-electron chi connectivity index (χ3n) is 6.06. The first-order valence-electron chi connectivity index (χ1n) is 11.6. The molecule has 1 aliphatic rings. The molecule has 5 rings (SSSR count). The zero-order valence-corrected chi connectivity index (χ0v) is 20.0. The highest BCUT2D eigenvalue weighted by Gasteiger charge is 2.27. The number of benzene rings is 3. The Labute approximate surface area is 209 Å². The number of anilines is 1. The van der Waals surface area contributed by atoms with Gasteiger partial charge in [-0.2, -0.15) is 0 Å². The van der Waals surface area contributed by atoms with Crippen LogP contribution in [0.2, 0.25) is 5.02 Å². The topological polar surface area (TPSA) is 58.8 Å². The molecule has 0 N–H and O–H groups in total. The average Bonchev–Trinajstić information content (AvgIpc) is 3.33. The summed E-state index contributed by atoms with van der Waals surface area (Å²) in [5.74, 6) is 0.604. The molecule has 0 aliphatic carbocycles. The number of hydrogen-bond donors (Lipinski definition) is 0. The molecular formula is C28H26ClN3O3. The summed E-state index contributed by atoms with van der Waals surface area (Å²) >= 11 is 6.07. The van der Waals surface area contributed by atoms with Crippen molar-refractivity contribution in [1.29, 1.82) is 0 Å². The lowest BCUT2D eigenvalue weighted by molar-refractivity contribution is 0.0729. The van der Waals surface area contributed by atoms with Crippen molar-refractivity contribution in [1.82, 2.24) is 10.1 Å². The van der Waals surface area contributed by atoms with Gasteiger partial charge < -0.3 is 19.1 Å². The van der Waals surface area contributed by atoms with Crippen LogP contribution in [0.4, 0.5) is 5.88 Å². The van der Waals surface area contributed by atoms with Crippen molar-refractivity contribution in [3.05, 3.63) is 107 Å². The van der Waals surface area contributed by atoms with Gasteiger partial charge >= 0.3 is 0 Å². The number of morpholine rings is 1. The summed E-state index contributed by atoms with van der Waals surface area (Å²) in [6.07, 6.45) is 0. The fourth-order valence-electron chi connectivity index (χ4n) is 4.25. The SMILES string of the molecule is O=C(c1ccc(Cl)cc1)N(Cc1ccccc1)Cc1c(-c2ccccc2)noc1N1CCOCC1. The zero-order valence-electron chi connectivity index (χ0n) is 19.3. The van der Waals surface area contributed by atoms with E-state index in [9.17, 15) is 4.79 Å². The van der Waals surface area contributed by atoms with Crippen LogP contribution in [0.1, 0.15) is 21.5 Å². The second kappa shape index (κ2) is 10.8. The molecule has 6 nitrogen and oxygen atoms in total. The molecule has 1 saturated heterocycles. The van der Waals surface area contributed by atoms with Crippen molar-refractivity contribution < 1.29 is 14.1 Å². The fraction of sp³-hybridized carbons (Fsp3) is 0.214. The van der Waals surface area contributed by atoms with Gasteiger partial charge in [-0.25, -0.2) is 0 Å². The number of rotatable bonds is 7. The van der Waals surface area contributed by atoms with Gasteiger partial charge in [0.15, 0.2) is 0 Å². The summed E-state index contributed by atoms with van der Waals surface area (Å²) in [7, 11) is 0. The van der Waals surface area contributed by atoms with Gasteiger partial charge in [0.2, 0.25) is 5.88 Å². The third-order valence-corrected chi connectivity index (χ3v) is 6.31. The summed E-state index contributed by atoms with van der Waals surface area (Å²) in [6, 6.07) is 26.9. The lowest BCUT2D eigenvalue weighted by Gasteiger charge is -2.28. The Bertz CT molecular complexity index is 1250. The molecule has 4 aromatic rings. The number of amides is 1. The van der Waals surface area contributed by atoms with Crippen LogP contribution in [-0.4, -0.2) is 42.3 Å². The molecule has 0 saturated carbocycles. The van der Waals surface area contributed by atoms with Gasteiger partial charge in [-0.15, -0.1) is 0 Å². The molecule has 2 heterocycles. The molecule has 0 unspecified atom stereocenters. The summed E-state index contributed by atoms with van der Waals surface area (Å²) in [5.41, 5.74) is 4.20. The van der Waals surface area contributed by atoms with Gasteiger partial charge in [0.1, 0.15) is 5.69 Å². The Morgan fingerprint density at radius 1 is 0.886 bits per heavy atom. The molecule has 7 heteroatoms. The van der Waals surface area contributed by atoms with E-state index >= 15 is 0 Å². The predicted molar refractivity (Wildman–Crippen MR) is 136 cm³/mol. The molecule has 1 fully saturated rings. The molecule has 35 heavy (non-hydrogen) atoms. The number of carbonyl (C=O) groups excluding carboxylic acids is 1. The highest BCUT2D eigenvalue weighted by molar-refractivity contribution is 6.30. The van der Waals surface area contributed by atoms with Crippen LogP contribution < -0.4 is 4.90 Å². The molecule has 0 spiro atoms. The molecule has 0 atom stereocenters. The van der Waals surface area contributed by atoms with Crippen LogP contribution in [0.25, 0.3) is 11.3 Å². The predicted octanol–water partition coefficient (Wildman–Crippen LogP) is 5.67. The number of halogens is 1. The zero-order chi connectivity index (χ0) is 24.0. The first-order valence-corrected chi connectivity index (χ1v) is 12.0.